The molecular formula is C48H62N4O9. The molecular weight excluding hydrogens is 777 g/mol. The number of aliphatic carboxylic acids is 1. The molecule has 2 heterocycles. The number of pyridine rings is 1. The first-order valence-corrected chi connectivity index (χ1v) is 21.5. The predicted molar refractivity (Wildman–Crippen MR) is 232 cm³/mol. The number of ether oxygens (including phenoxy) is 3. The van der Waals surface area contributed by atoms with E-state index < -0.39 is 70.6 Å². The van der Waals surface area contributed by atoms with Crippen LogP contribution in [0.5, 0.6) is 11.5 Å². The highest BCUT2D eigenvalue weighted by Gasteiger charge is 2.61. The number of nitrogens with one attached hydrogen (secondary N) is 2. The minimum atomic E-state index is -1.54. The number of esters is 1. The fourth-order valence-corrected chi connectivity index (χ4v) is 8.64. The maximum Gasteiger partial charge on any atom is 0.330 e. The number of hydrogen-bond donors (Lipinski definition) is 3. The first-order valence-electron chi connectivity index (χ1n) is 21.5. The Morgan fingerprint density at radius 1 is 1.00 bits per heavy atom. The molecule has 1 saturated heterocycles. The zero-order chi connectivity index (χ0) is 44.3. The maximum absolute atomic E-state index is 15.1. The number of fused-ring (bicyclic) bond motifs is 1. The summed E-state index contributed by atoms with van der Waals surface area (Å²) < 4.78 is 17.9. The summed E-state index contributed by atoms with van der Waals surface area (Å²) in [7, 11) is 1.58. The van der Waals surface area contributed by atoms with Gasteiger partial charge in [0.15, 0.2) is 0 Å². The van der Waals surface area contributed by atoms with Gasteiger partial charge in [-0.2, -0.15) is 0 Å². The highest BCUT2D eigenvalue weighted by molar-refractivity contribution is 5.97. The summed E-state index contributed by atoms with van der Waals surface area (Å²) in [5.74, 6) is -3.36. The van der Waals surface area contributed by atoms with Crippen molar-refractivity contribution in [3.63, 3.8) is 0 Å². The Bertz CT molecular complexity index is 2120. The van der Waals surface area contributed by atoms with Crippen molar-refractivity contribution in [3.8, 4) is 22.8 Å². The van der Waals surface area contributed by atoms with Crippen molar-refractivity contribution in [2.45, 2.75) is 117 Å². The van der Waals surface area contributed by atoms with E-state index in [1.54, 1.807) is 13.2 Å². The highest BCUT2D eigenvalue weighted by atomic mass is 16.5. The van der Waals surface area contributed by atoms with Crippen molar-refractivity contribution in [2.24, 2.45) is 28.6 Å². The molecule has 1 aromatic heterocycles. The normalized spacial score (nSPS) is 22.7. The SMILES string of the molecule is C=C[C@H]1CC1(NC(=O)[C@@H]1C[C@@H](Oc2cc(-c3ccccc3)nc3cc(OC)ccc23)CN1C(=O)[C@@H](NC(=O)[C@H](CC(=O)OCC(C)(C)C)C1CCCCC1)C(C)(C)C)C(=O)O. The van der Waals surface area contributed by atoms with E-state index in [-0.39, 0.29) is 43.7 Å². The van der Waals surface area contributed by atoms with E-state index in [0.717, 1.165) is 37.7 Å². The third-order valence-corrected chi connectivity index (χ3v) is 12.2. The van der Waals surface area contributed by atoms with Crippen molar-refractivity contribution < 1.29 is 43.3 Å². The number of carbonyl (C=O) groups excluding carboxylic acids is 4. The number of aromatic nitrogens is 1. The molecule has 1 unspecified atom stereocenters. The molecule has 2 saturated carbocycles. The Morgan fingerprint density at radius 3 is 2.31 bits per heavy atom. The van der Waals surface area contributed by atoms with Crippen LogP contribution in [-0.4, -0.2) is 88.6 Å². The second kappa shape index (κ2) is 18.3. The molecule has 2 aromatic carbocycles. The van der Waals surface area contributed by atoms with Crippen molar-refractivity contribution in [3.05, 3.63) is 67.3 Å². The topological polar surface area (TPSA) is 173 Å². The predicted octanol–water partition coefficient (Wildman–Crippen LogP) is 7.11. The van der Waals surface area contributed by atoms with Gasteiger partial charge in [-0.1, -0.05) is 97.2 Å². The second-order valence-electron chi connectivity index (χ2n) is 19.3. The van der Waals surface area contributed by atoms with Crippen LogP contribution in [0.1, 0.15) is 92.9 Å². The summed E-state index contributed by atoms with van der Waals surface area (Å²) in [6.45, 7) is 15.3. The van der Waals surface area contributed by atoms with Gasteiger partial charge in [-0.3, -0.25) is 19.2 Å². The number of carboxylic acid groups (broad SMARTS) is 1. The number of methoxy groups -OCH3 is 1. The lowest BCUT2D eigenvalue weighted by Gasteiger charge is -2.37. The molecule has 13 heteroatoms. The molecule has 3 aliphatic rings. The van der Waals surface area contributed by atoms with E-state index >= 15 is 4.79 Å². The lowest BCUT2D eigenvalue weighted by molar-refractivity contribution is -0.151. The summed E-state index contributed by atoms with van der Waals surface area (Å²) in [5, 5.41) is 16.7. The molecule has 13 nitrogen and oxygen atoms in total. The van der Waals surface area contributed by atoms with E-state index in [9.17, 15) is 24.3 Å². The first-order chi connectivity index (χ1) is 28.8. The number of likely N-dealkylation sites (tertiary alicyclic amines) is 1. The maximum atomic E-state index is 15.1. The van der Waals surface area contributed by atoms with E-state index in [4.69, 9.17) is 19.2 Å². The zero-order valence-corrected chi connectivity index (χ0v) is 36.6. The van der Waals surface area contributed by atoms with Crippen LogP contribution in [0.4, 0.5) is 0 Å². The minimum Gasteiger partial charge on any atom is -0.497 e. The Labute approximate surface area is 359 Å². The van der Waals surface area contributed by atoms with Crippen LogP contribution in [0.3, 0.4) is 0 Å². The Morgan fingerprint density at radius 2 is 1.70 bits per heavy atom. The molecule has 6 rings (SSSR count). The molecule has 3 N–H and O–H groups in total. The molecule has 0 radical (unpaired) electrons. The van der Waals surface area contributed by atoms with Gasteiger partial charge in [0.1, 0.15) is 35.2 Å². The Balaban J connectivity index is 1.32. The van der Waals surface area contributed by atoms with Crippen LogP contribution in [0, 0.1) is 28.6 Å². The van der Waals surface area contributed by atoms with Gasteiger partial charge >= 0.3 is 11.9 Å². The van der Waals surface area contributed by atoms with Gasteiger partial charge in [0.25, 0.3) is 0 Å². The second-order valence-corrected chi connectivity index (χ2v) is 19.3. The fourth-order valence-electron chi connectivity index (χ4n) is 8.64. The van der Waals surface area contributed by atoms with Crippen LogP contribution >= 0.6 is 0 Å². The third-order valence-electron chi connectivity index (χ3n) is 12.2. The fraction of sp³-hybridized carbons (Fsp3) is 0.542. The van der Waals surface area contributed by atoms with Crippen molar-refractivity contribution >= 4 is 40.6 Å². The van der Waals surface area contributed by atoms with E-state index in [1.807, 2.05) is 90.1 Å². The van der Waals surface area contributed by atoms with Gasteiger partial charge in [0.05, 0.1) is 43.8 Å². The van der Waals surface area contributed by atoms with Crippen LogP contribution in [0.2, 0.25) is 0 Å². The molecule has 61 heavy (non-hydrogen) atoms. The number of nitrogens with zero attached hydrogens (tertiary/aromatic N) is 2. The smallest absolute Gasteiger partial charge is 0.330 e. The molecule has 3 amide bonds. The van der Waals surface area contributed by atoms with Crippen LogP contribution in [0.25, 0.3) is 22.2 Å². The molecule has 1 aliphatic heterocycles. The number of amides is 3. The summed E-state index contributed by atoms with van der Waals surface area (Å²) in [6, 6.07) is 14.7. The van der Waals surface area contributed by atoms with Crippen molar-refractivity contribution in [2.75, 3.05) is 20.3 Å². The zero-order valence-electron chi connectivity index (χ0n) is 36.6. The lowest BCUT2D eigenvalue weighted by atomic mass is 9.77. The van der Waals surface area contributed by atoms with Gasteiger partial charge in [-0.25, -0.2) is 9.78 Å². The Hall–Kier alpha value is -5.46. The van der Waals surface area contributed by atoms with Crippen LogP contribution in [-0.2, 0) is 28.7 Å². The number of rotatable bonds is 15. The summed E-state index contributed by atoms with van der Waals surface area (Å²) in [5.41, 5.74) is -0.502. The third kappa shape index (κ3) is 10.5. The van der Waals surface area contributed by atoms with Crippen molar-refractivity contribution in [1.82, 2.24) is 20.5 Å². The Kier molecular flexibility index (Phi) is 13.5. The number of hydrogen-bond acceptors (Lipinski definition) is 9. The molecule has 328 valence electrons. The lowest BCUT2D eigenvalue weighted by Crippen LogP contribution is -2.60. The minimum absolute atomic E-state index is 0.0316. The largest absolute Gasteiger partial charge is 0.497 e. The molecule has 0 bridgehead atoms. The number of carboxylic acids is 1. The van der Waals surface area contributed by atoms with Gasteiger partial charge in [0, 0.05) is 35.4 Å². The first kappa shape index (κ1) is 45.1. The van der Waals surface area contributed by atoms with Crippen molar-refractivity contribution in [1.29, 1.82) is 0 Å². The summed E-state index contributed by atoms with van der Waals surface area (Å²) >= 11 is 0. The van der Waals surface area contributed by atoms with E-state index in [1.165, 1.54) is 11.0 Å². The standard InChI is InChI=1S/C48H62N4O9/c1-9-31-26-48(31,45(57)58)51-43(55)38-23-33(61-39-25-36(30-18-14-11-15-19-30)49-37-22-32(59-8)20-21-34(37)39)27-52(38)44(56)41(47(5,6)7)50-42(54)35(29-16-12-10-13-17-29)24-40(53)60-28-46(2,3)4/h9,11,14-15,18-22,25,29,31,33,35,38,41H,1,10,12-13,16-17,23-24,26-28H2,2-8H3,(H,50,54)(H,51,55)(H,57,58)/t31-,33+,35+,38-,41+,48?/m0/s1. The number of benzene rings is 2. The van der Waals surface area contributed by atoms with Gasteiger partial charge < -0.3 is 34.9 Å². The van der Waals surface area contributed by atoms with Crippen LogP contribution in [0.15, 0.2) is 67.3 Å². The monoisotopic (exact) mass is 838 g/mol. The quantitative estimate of drug-likeness (QED) is 0.106. The molecule has 0 spiro atoms. The molecule has 2 aliphatic carbocycles. The van der Waals surface area contributed by atoms with Gasteiger partial charge in [0.2, 0.25) is 17.7 Å². The van der Waals surface area contributed by atoms with E-state index in [2.05, 4.69) is 17.2 Å². The summed E-state index contributed by atoms with van der Waals surface area (Å²) in [4.78, 5) is 75.9. The van der Waals surface area contributed by atoms with E-state index in [0.29, 0.717) is 28.1 Å². The van der Waals surface area contributed by atoms with Crippen LogP contribution < -0.4 is 20.1 Å². The highest BCUT2D eigenvalue weighted by Crippen LogP contribution is 2.45. The van der Waals surface area contributed by atoms with Gasteiger partial charge in [-0.15, -0.1) is 6.58 Å². The summed E-state index contributed by atoms with van der Waals surface area (Å²) in [6.07, 6.45) is 5.41. The van der Waals surface area contributed by atoms with Gasteiger partial charge in [-0.05, 0) is 48.1 Å². The number of carbonyl (C=O) groups is 5. The molecule has 6 atom stereocenters. The molecule has 3 aromatic rings. The average molecular weight is 839 g/mol. The average Bonchev–Trinajstić information content (AvgIpc) is 3.79. The molecule has 3 fully saturated rings.